The summed E-state index contributed by atoms with van der Waals surface area (Å²) >= 11 is 5.90. The average Bonchev–Trinajstić information content (AvgIpc) is 2.59. The van der Waals surface area contributed by atoms with Gasteiger partial charge in [0.2, 0.25) is 5.91 Å². The van der Waals surface area contributed by atoms with Crippen molar-refractivity contribution in [2.75, 3.05) is 19.7 Å². The summed E-state index contributed by atoms with van der Waals surface area (Å²) in [5.74, 6) is 0.0209. The molecule has 0 unspecified atom stereocenters. The first-order chi connectivity index (χ1) is 11.6. The van der Waals surface area contributed by atoms with E-state index in [1.165, 1.54) is 0 Å². The van der Waals surface area contributed by atoms with Gasteiger partial charge in [-0.3, -0.25) is 9.59 Å². The molecule has 126 valence electrons. The van der Waals surface area contributed by atoms with Crippen LogP contribution in [0, 0.1) is 0 Å². The molecule has 2 N–H and O–H groups in total. The highest BCUT2D eigenvalue weighted by Gasteiger charge is 2.06. The molecular formula is C18H19ClN2O3. The van der Waals surface area contributed by atoms with Gasteiger partial charge in [0.05, 0.1) is 6.54 Å². The molecule has 0 aromatic heterocycles. The molecule has 0 fully saturated rings. The lowest BCUT2D eigenvalue weighted by molar-refractivity contribution is -0.127. The van der Waals surface area contributed by atoms with Crippen LogP contribution in [-0.2, 0) is 16.0 Å². The lowest BCUT2D eigenvalue weighted by Crippen LogP contribution is -2.39. The van der Waals surface area contributed by atoms with Crippen molar-refractivity contribution in [1.82, 2.24) is 10.6 Å². The predicted octanol–water partition coefficient (Wildman–Crippen LogP) is 2.19. The average molecular weight is 347 g/mol. The molecule has 0 aliphatic rings. The summed E-state index contributed by atoms with van der Waals surface area (Å²) in [6.07, 6.45) is 0.678. The van der Waals surface area contributed by atoms with Gasteiger partial charge in [0.1, 0.15) is 5.75 Å². The third-order valence-corrected chi connectivity index (χ3v) is 3.42. The topological polar surface area (TPSA) is 67.4 Å². The fraction of sp³-hybridized carbons (Fsp3) is 0.222. The van der Waals surface area contributed by atoms with Gasteiger partial charge < -0.3 is 15.4 Å². The number of carbonyl (C=O) groups is 2. The van der Waals surface area contributed by atoms with Gasteiger partial charge in [-0.25, -0.2) is 0 Å². The maximum atomic E-state index is 11.7. The zero-order valence-corrected chi connectivity index (χ0v) is 13.9. The monoisotopic (exact) mass is 346 g/mol. The van der Waals surface area contributed by atoms with Crippen molar-refractivity contribution in [3.8, 4) is 5.75 Å². The number of carbonyl (C=O) groups excluding carboxylic acids is 2. The van der Waals surface area contributed by atoms with Crippen LogP contribution in [0.15, 0.2) is 54.6 Å². The first-order valence-electron chi connectivity index (χ1n) is 7.59. The van der Waals surface area contributed by atoms with Crippen molar-refractivity contribution in [3.63, 3.8) is 0 Å². The summed E-state index contributed by atoms with van der Waals surface area (Å²) in [7, 11) is 0. The van der Waals surface area contributed by atoms with E-state index in [4.69, 9.17) is 16.3 Å². The fourth-order valence-electron chi connectivity index (χ4n) is 2.00. The molecule has 0 heterocycles. The normalized spacial score (nSPS) is 10.0. The molecule has 0 radical (unpaired) electrons. The van der Waals surface area contributed by atoms with Crippen LogP contribution in [0.4, 0.5) is 0 Å². The second-order valence-corrected chi connectivity index (χ2v) is 5.54. The molecule has 6 heteroatoms. The maximum Gasteiger partial charge on any atom is 0.258 e. The highest BCUT2D eigenvalue weighted by atomic mass is 35.5. The van der Waals surface area contributed by atoms with Crippen molar-refractivity contribution in [3.05, 3.63) is 65.2 Å². The summed E-state index contributed by atoms with van der Waals surface area (Å²) in [4.78, 5) is 23.3. The number of para-hydroxylation sites is 1. The summed E-state index contributed by atoms with van der Waals surface area (Å²) in [5.41, 5.74) is 1.04. The number of hydrogen-bond donors (Lipinski definition) is 2. The molecular weight excluding hydrogens is 328 g/mol. The van der Waals surface area contributed by atoms with Gasteiger partial charge in [-0.1, -0.05) is 41.9 Å². The van der Waals surface area contributed by atoms with E-state index >= 15 is 0 Å². The number of hydrogen-bond acceptors (Lipinski definition) is 3. The number of halogens is 1. The van der Waals surface area contributed by atoms with Gasteiger partial charge in [0.25, 0.3) is 5.91 Å². The Kier molecular flexibility index (Phi) is 7.11. The molecule has 0 aliphatic carbocycles. The third-order valence-electron chi connectivity index (χ3n) is 3.18. The van der Waals surface area contributed by atoms with Crippen molar-refractivity contribution < 1.29 is 14.3 Å². The van der Waals surface area contributed by atoms with Gasteiger partial charge in [-0.2, -0.15) is 0 Å². The molecule has 2 aromatic rings. The molecule has 24 heavy (non-hydrogen) atoms. The Morgan fingerprint density at radius 1 is 0.958 bits per heavy atom. The van der Waals surface area contributed by atoms with Crippen molar-refractivity contribution in [2.45, 2.75) is 6.42 Å². The van der Waals surface area contributed by atoms with Crippen molar-refractivity contribution in [2.24, 2.45) is 0 Å². The van der Waals surface area contributed by atoms with Crippen LogP contribution in [-0.4, -0.2) is 31.5 Å². The van der Waals surface area contributed by atoms with Gasteiger partial charge in [-0.05, 0) is 36.2 Å². The molecule has 0 saturated carbocycles. The van der Waals surface area contributed by atoms with Crippen molar-refractivity contribution in [1.29, 1.82) is 0 Å². The van der Waals surface area contributed by atoms with E-state index in [-0.39, 0.29) is 25.0 Å². The van der Waals surface area contributed by atoms with E-state index in [9.17, 15) is 9.59 Å². The molecule has 0 spiro atoms. The Morgan fingerprint density at radius 3 is 2.50 bits per heavy atom. The number of benzene rings is 2. The minimum Gasteiger partial charge on any atom is -0.484 e. The van der Waals surface area contributed by atoms with E-state index in [1.54, 1.807) is 18.2 Å². The van der Waals surface area contributed by atoms with E-state index in [2.05, 4.69) is 10.6 Å². The van der Waals surface area contributed by atoms with Gasteiger partial charge in [-0.15, -0.1) is 0 Å². The second-order valence-electron chi connectivity index (χ2n) is 5.11. The fourth-order valence-corrected chi connectivity index (χ4v) is 2.21. The molecule has 5 nitrogen and oxygen atoms in total. The summed E-state index contributed by atoms with van der Waals surface area (Å²) < 4.78 is 5.29. The third kappa shape index (κ3) is 6.71. The van der Waals surface area contributed by atoms with Gasteiger partial charge in [0, 0.05) is 11.6 Å². The number of amides is 2. The van der Waals surface area contributed by atoms with E-state index in [1.807, 2.05) is 36.4 Å². The number of ether oxygens (including phenoxy) is 1. The lowest BCUT2D eigenvalue weighted by atomic mass is 10.1. The smallest absolute Gasteiger partial charge is 0.258 e. The molecule has 0 bridgehead atoms. The summed E-state index contributed by atoms with van der Waals surface area (Å²) in [6.45, 7) is 0.280. The summed E-state index contributed by atoms with van der Waals surface area (Å²) in [5, 5.41) is 5.93. The molecule has 2 amide bonds. The predicted molar refractivity (Wildman–Crippen MR) is 93.1 cm³/mol. The molecule has 0 saturated heterocycles. The zero-order valence-electron chi connectivity index (χ0n) is 13.1. The Hall–Kier alpha value is -2.53. The van der Waals surface area contributed by atoms with Gasteiger partial charge >= 0.3 is 0 Å². The Morgan fingerprint density at radius 2 is 1.75 bits per heavy atom. The SMILES string of the molecule is O=C(CNC(=O)COc1ccccc1)NCCc1cccc(Cl)c1. The van der Waals surface area contributed by atoms with Crippen LogP contribution >= 0.6 is 11.6 Å². The molecule has 2 rings (SSSR count). The van der Waals surface area contributed by atoms with Crippen LogP contribution < -0.4 is 15.4 Å². The highest BCUT2D eigenvalue weighted by Crippen LogP contribution is 2.10. The first kappa shape index (κ1) is 17.8. The number of rotatable bonds is 8. The van der Waals surface area contributed by atoms with E-state index < -0.39 is 0 Å². The second kappa shape index (κ2) is 9.57. The lowest BCUT2D eigenvalue weighted by Gasteiger charge is -2.08. The minimum absolute atomic E-state index is 0.0769. The maximum absolute atomic E-state index is 11.7. The Balaban J connectivity index is 1.59. The van der Waals surface area contributed by atoms with Crippen LogP contribution in [0.3, 0.4) is 0 Å². The van der Waals surface area contributed by atoms with Crippen LogP contribution in [0.2, 0.25) is 5.02 Å². The van der Waals surface area contributed by atoms with Crippen LogP contribution in [0.5, 0.6) is 5.75 Å². The molecule has 0 atom stereocenters. The van der Waals surface area contributed by atoms with Crippen molar-refractivity contribution >= 4 is 23.4 Å². The Labute approximate surface area is 146 Å². The van der Waals surface area contributed by atoms with E-state index in [0.717, 1.165) is 5.56 Å². The van der Waals surface area contributed by atoms with Crippen LogP contribution in [0.25, 0.3) is 0 Å². The van der Waals surface area contributed by atoms with Gasteiger partial charge in [0.15, 0.2) is 6.61 Å². The summed E-state index contributed by atoms with van der Waals surface area (Å²) in [6, 6.07) is 16.5. The van der Waals surface area contributed by atoms with E-state index in [0.29, 0.717) is 23.7 Å². The quantitative estimate of drug-likeness (QED) is 0.770. The zero-order chi connectivity index (χ0) is 17.2. The highest BCUT2D eigenvalue weighted by molar-refractivity contribution is 6.30. The standard InChI is InChI=1S/C18H19ClN2O3/c19-15-6-4-5-14(11-15)9-10-20-17(22)12-21-18(23)13-24-16-7-2-1-3-8-16/h1-8,11H,9-10,12-13H2,(H,20,22)(H,21,23). The Bertz CT molecular complexity index is 677. The number of nitrogens with one attached hydrogen (secondary N) is 2. The van der Waals surface area contributed by atoms with Crippen LogP contribution in [0.1, 0.15) is 5.56 Å². The molecule has 0 aliphatic heterocycles. The molecule has 2 aromatic carbocycles. The minimum atomic E-state index is -0.344. The first-order valence-corrected chi connectivity index (χ1v) is 7.97. The largest absolute Gasteiger partial charge is 0.484 e.